The predicted octanol–water partition coefficient (Wildman–Crippen LogP) is 2.03. The van der Waals surface area contributed by atoms with Crippen LogP contribution < -0.4 is 5.32 Å². The molecule has 6 heteroatoms. The third-order valence-electron chi connectivity index (χ3n) is 2.86. The van der Waals surface area contributed by atoms with Gasteiger partial charge in [-0.05, 0) is 26.0 Å². The normalized spacial score (nSPS) is 12.9. The van der Waals surface area contributed by atoms with E-state index in [0.29, 0.717) is 0 Å². The molecule has 20 heavy (non-hydrogen) atoms. The fourth-order valence-electron chi connectivity index (χ4n) is 1.49. The molecule has 112 valence electrons. The van der Waals surface area contributed by atoms with Gasteiger partial charge >= 0.3 is 0 Å². The van der Waals surface area contributed by atoms with Crippen LogP contribution in [0.4, 0.5) is 0 Å². The van der Waals surface area contributed by atoms with Crippen LogP contribution in [0.5, 0.6) is 0 Å². The summed E-state index contributed by atoms with van der Waals surface area (Å²) in [6.45, 7) is 5.60. The van der Waals surface area contributed by atoms with Crippen molar-refractivity contribution in [2.75, 3.05) is 18.1 Å². The van der Waals surface area contributed by atoms with Crippen LogP contribution >= 0.6 is 11.8 Å². The number of amides is 1. The molecule has 4 nitrogen and oxygen atoms in total. The number of hydrogen-bond donors (Lipinski definition) is 1. The number of nitrogens with one attached hydrogen (secondary N) is 1. The molecule has 1 unspecified atom stereocenters. The van der Waals surface area contributed by atoms with Crippen molar-refractivity contribution in [1.82, 2.24) is 5.32 Å². The minimum atomic E-state index is -3.03. The summed E-state index contributed by atoms with van der Waals surface area (Å²) in [6.07, 6.45) is 0. The number of sulfone groups is 1. The Bertz CT molecular complexity index is 538. The lowest BCUT2D eigenvalue weighted by Gasteiger charge is -2.12. The average Bonchev–Trinajstić information content (AvgIpc) is 2.41. The Hall–Kier alpha value is -1.01. The summed E-state index contributed by atoms with van der Waals surface area (Å²) in [6, 6.07) is 7.96. The molecule has 0 saturated heterocycles. The first kappa shape index (κ1) is 17.0. The SMILES string of the molecule is CCS(=O)(=O)CCNC(=O)C(C)Sc1ccc(C)cc1. The molecule has 1 amide bonds. The van der Waals surface area contributed by atoms with E-state index in [9.17, 15) is 13.2 Å². The van der Waals surface area contributed by atoms with E-state index in [1.807, 2.05) is 38.1 Å². The van der Waals surface area contributed by atoms with Crippen molar-refractivity contribution in [2.24, 2.45) is 0 Å². The molecule has 0 spiro atoms. The number of aryl methyl sites for hydroxylation is 1. The van der Waals surface area contributed by atoms with Gasteiger partial charge in [-0.1, -0.05) is 24.6 Å². The van der Waals surface area contributed by atoms with Gasteiger partial charge in [0.15, 0.2) is 9.84 Å². The van der Waals surface area contributed by atoms with E-state index < -0.39 is 9.84 Å². The summed E-state index contributed by atoms with van der Waals surface area (Å²) < 4.78 is 22.6. The lowest BCUT2D eigenvalue weighted by atomic mass is 10.2. The summed E-state index contributed by atoms with van der Waals surface area (Å²) in [5.41, 5.74) is 1.18. The topological polar surface area (TPSA) is 63.2 Å². The van der Waals surface area contributed by atoms with Crippen molar-refractivity contribution >= 4 is 27.5 Å². The van der Waals surface area contributed by atoms with Crippen LogP contribution in [-0.4, -0.2) is 37.6 Å². The molecule has 1 aromatic rings. The smallest absolute Gasteiger partial charge is 0.233 e. The molecule has 0 aromatic heterocycles. The highest BCUT2D eigenvalue weighted by molar-refractivity contribution is 8.00. The van der Waals surface area contributed by atoms with Gasteiger partial charge in [-0.25, -0.2) is 8.42 Å². The second kappa shape index (κ2) is 7.69. The second-order valence-corrected chi connectivity index (χ2v) is 8.49. The predicted molar refractivity (Wildman–Crippen MR) is 83.8 cm³/mol. The Balaban J connectivity index is 2.41. The van der Waals surface area contributed by atoms with E-state index in [-0.39, 0.29) is 29.2 Å². The van der Waals surface area contributed by atoms with Crippen LogP contribution in [0.25, 0.3) is 0 Å². The van der Waals surface area contributed by atoms with Crippen LogP contribution in [0.3, 0.4) is 0 Å². The Labute approximate surface area is 125 Å². The van der Waals surface area contributed by atoms with Crippen molar-refractivity contribution in [2.45, 2.75) is 30.9 Å². The molecule has 0 bridgehead atoms. The molecule has 1 atom stereocenters. The Kier molecular flexibility index (Phi) is 6.55. The molecular formula is C14H21NO3S2. The van der Waals surface area contributed by atoms with E-state index in [1.54, 1.807) is 6.92 Å². The molecule has 0 saturated carbocycles. The van der Waals surface area contributed by atoms with Crippen LogP contribution in [-0.2, 0) is 14.6 Å². The summed E-state index contributed by atoms with van der Waals surface area (Å²) in [5.74, 6) is -0.0323. The highest BCUT2D eigenvalue weighted by atomic mass is 32.2. The quantitative estimate of drug-likeness (QED) is 0.782. The molecule has 0 aliphatic rings. The van der Waals surface area contributed by atoms with Gasteiger partial charge in [0, 0.05) is 17.2 Å². The number of carbonyl (C=O) groups excluding carboxylic acids is 1. The first-order valence-electron chi connectivity index (χ1n) is 6.55. The number of hydrogen-bond acceptors (Lipinski definition) is 4. The zero-order valence-electron chi connectivity index (χ0n) is 12.0. The molecule has 1 N–H and O–H groups in total. The van der Waals surface area contributed by atoms with Crippen molar-refractivity contribution in [1.29, 1.82) is 0 Å². The maximum Gasteiger partial charge on any atom is 0.233 e. The van der Waals surface area contributed by atoms with Crippen LogP contribution in [0.15, 0.2) is 29.2 Å². The Morgan fingerprint density at radius 3 is 2.45 bits per heavy atom. The first-order valence-corrected chi connectivity index (χ1v) is 9.25. The maximum absolute atomic E-state index is 11.9. The van der Waals surface area contributed by atoms with Gasteiger partial charge in [0.25, 0.3) is 0 Å². The van der Waals surface area contributed by atoms with E-state index in [0.717, 1.165) is 4.90 Å². The van der Waals surface area contributed by atoms with Crippen molar-refractivity contribution < 1.29 is 13.2 Å². The fraction of sp³-hybridized carbons (Fsp3) is 0.500. The summed E-state index contributed by atoms with van der Waals surface area (Å²) >= 11 is 1.46. The highest BCUT2D eigenvalue weighted by Crippen LogP contribution is 2.23. The molecule has 0 aliphatic carbocycles. The Morgan fingerprint density at radius 1 is 1.30 bits per heavy atom. The van der Waals surface area contributed by atoms with Crippen molar-refractivity contribution in [3.05, 3.63) is 29.8 Å². The molecule has 0 aliphatic heterocycles. The fourth-order valence-corrected chi connectivity index (χ4v) is 3.09. The molecule has 0 radical (unpaired) electrons. The largest absolute Gasteiger partial charge is 0.354 e. The van der Waals surface area contributed by atoms with E-state index in [1.165, 1.54) is 17.3 Å². The minimum absolute atomic E-state index is 0.00282. The lowest BCUT2D eigenvalue weighted by Crippen LogP contribution is -2.34. The van der Waals surface area contributed by atoms with Crippen LogP contribution in [0.1, 0.15) is 19.4 Å². The number of carbonyl (C=O) groups is 1. The molecule has 0 heterocycles. The standard InChI is InChI=1S/C14H21NO3S2/c1-4-20(17,18)10-9-15-14(16)12(3)19-13-7-5-11(2)6-8-13/h5-8,12H,4,9-10H2,1-3H3,(H,15,16). The average molecular weight is 315 g/mol. The monoisotopic (exact) mass is 315 g/mol. The molecule has 1 aromatic carbocycles. The maximum atomic E-state index is 11.9. The highest BCUT2D eigenvalue weighted by Gasteiger charge is 2.15. The van der Waals surface area contributed by atoms with Gasteiger partial charge in [-0.3, -0.25) is 4.79 Å². The van der Waals surface area contributed by atoms with Gasteiger partial charge in [0.1, 0.15) is 0 Å². The molecular weight excluding hydrogens is 294 g/mol. The van der Waals surface area contributed by atoms with Crippen molar-refractivity contribution in [3.8, 4) is 0 Å². The van der Waals surface area contributed by atoms with E-state index >= 15 is 0 Å². The zero-order chi connectivity index (χ0) is 15.2. The number of benzene rings is 1. The van der Waals surface area contributed by atoms with Crippen LogP contribution in [0, 0.1) is 6.92 Å². The van der Waals surface area contributed by atoms with Gasteiger partial charge in [0.2, 0.25) is 5.91 Å². The minimum Gasteiger partial charge on any atom is -0.354 e. The van der Waals surface area contributed by atoms with Gasteiger partial charge in [0.05, 0.1) is 11.0 Å². The van der Waals surface area contributed by atoms with Gasteiger partial charge in [-0.15, -0.1) is 11.8 Å². The third kappa shape index (κ3) is 5.96. The van der Waals surface area contributed by atoms with E-state index in [2.05, 4.69) is 5.32 Å². The summed E-state index contributed by atoms with van der Waals surface area (Å²) in [4.78, 5) is 12.9. The number of thioether (sulfide) groups is 1. The lowest BCUT2D eigenvalue weighted by molar-refractivity contribution is -0.120. The third-order valence-corrected chi connectivity index (χ3v) is 5.67. The zero-order valence-corrected chi connectivity index (χ0v) is 13.7. The first-order chi connectivity index (χ1) is 9.34. The van der Waals surface area contributed by atoms with Gasteiger partial charge < -0.3 is 5.32 Å². The van der Waals surface area contributed by atoms with Gasteiger partial charge in [-0.2, -0.15) is 0 Å². The molecule has 1 rings (SSSR count). The summed E-state index contributed by atoms with van der Waals surface area (Å²) in [5, 5.41) is 2.42. The van der Waals surface area contributed by atoms with E-state index in [4.69, 9.17) is 0 Å². The number of rotatable bonds is 7. The molecule has 0 fully saturated rings. The second-order valence-electron chi connectivity index (χ2n) is 4.60. The Morgan fingerprint density at radius 2 is 1.90 bits per heavy atom. The summed E-state index contributed by atoms with van der Waals surface area (Å²) in [7, 11) is -3.03. The van der Waals surface area contributed by atoms with Crippen LogP contribution in [0.2, 0.25) is 0 Å². The van der Waals surface area contributed by atoms with Crippen molar-refractivity contribution in [3.63, 3.8) is 0 Å².